The number of nitrogens with zero attached hydrogens (tertiary/aromatic N) is 2. The van der Waals surface area contributed by atoms with Crippen LogP contribution in [0.3, 0.4) is 0 Å². The molecule has 0 bridgehead atoms. The Hall–Kier alpha value is -2.56. The van der Waals surface area contributed by atoms with Gasteiger partial charge in [0.25, 0.3) is 5.91 Å². The summed E-state index contributed by atoms with van der Waals surface area (Å²) in [6.45, 7) is 7.35. The molecule has 0 atom stereocenters. The molecule has 138 valence electrons. The van der Waals surface area contributed by atoms with E-state index < -0.39 is 0 Å². The van der Waals surface area contributed by atoms with Gasteiger partial charge >= 0.3 is 0 Å². The van der Waals surface area contributed by atoms with Gasteiger partial charge in [-0.1, -0.05) is 0 Å². The number of pyridine rings is 1. The molecule has 1 fully saturated rings. The third-order valence-corrected chi connectivity index (χ3v) is 4.90. The van der Waals surface area contributed by atoms with Crippen LogP contribution in [0.4, 0.5) is 0 Å². The van der Waals surface area contributed by atoms with Gasteiger partial charge in [0.15, 0.2) is 0 Å². The van der Waals surface area contributed by atoms with E-state index >= 15 is 0 Å². The zero-order chi connectivity index (χ0) is 18.7. The number of ether oxygens (including phenoxy) is 2. The van der Waals surface area contributed by atoms with Crippen LogP contribution < -0.4 is 9.47 Å². The predicted octanol–water partition coefficient (Wildman–Crippen LogP) is 3.70. The Morgan fingerprint density at radius 1 is 1.12 bits per heavy atom. The van der Waals surface area contributed by atoms with Gasteiger partial charge in [-0.2, -0.15) is 0 Å². The molecule has 1 aromatic heterocycles. The molecule has 0 unspecified atom stereocenters. The number of hydrogen-bond acceptors (Lipinski definition) is 4. The van der Waals surface area contributed by atoms with Crippen molar-refractivity contribution >= 4 is 5.91 Å². The lowest BCUT2D eigenvalue weighted by Crippen LogP contribution is -2.41. The number of aromatic nitrogens is 1. The fraction of sp³-hybridized carbons (Fsp3) is 0.429. The second-order valence-corrected chi connectivity index (χ2v) is 6.89. The van der Waals surface area contributed by atoms with Crippen molar-refractivity contribution in [1.29, 1.82) is 0 Å². The minimum Gasteiger partial charge on any atom is -0.496 e. The average Bonchev–Trinajstić information content (AvgIpc) is 2.63. The van der Waals surface area contributed by atoms with E-state index in [1.807, 2.05) is 50.1 Å². The van der Waals surface area contributed by atoms with E-state index in [2.05, 4.69) is 4.98 Å². The Kier molecular flexibility index (Phi) is 5.45. The van der Waals surface area contributed by atoms with Gasteiger partial charge < -0.3 is 14.4 Å². The summed E-state index contributed by atoms with van der Waals surface area (Å²) >= 11 is 0. The molecule has 5 nitrogen and oxygen atoms in total. The van der Waals surface area contributed by atoms with Crippen LogP contribution in [0.5, 0.6) is 11.5 Å². The number of methoxy groups -OCH3 is 1. The first-order valence-electron chi connectivity index (χ1n) is 9.01. The molecule has 1 aliphatic heterocycles. The molecule has 1 aliphatic rings. The summed E-state index contributed by atoms with van der Waals surface area (Å²) in [5, 5.41) is 0. The van der Waals surface area contributed by atoms with E-state index in [1.54, 1.807) is 13.3 Å². The highest BCUT2D eigenvalue weighted by molar-refractivity contribution is 5.95. The largest absolute Gasteiger partial charge is 0.496 e. The van der Waals surface area contributed by atoms with Gasteiger partial charge in [-0.25, -0.2) is 0 Å². The Balaban J connectivity index is 1.63. The van der Waals surface area contributed by atoms with Crippen molar-refractivity contribution in [1.82, 2.24) is 9.88 Å². The van der Waals surface area contributed by atoms with Gasteiger partial charge in [0.1, 0.15) is 17.6 Å². The van der Waals surface area contributed by atoms with Crippen molar-refractivity contribution in [2.24, 2.45) is 0 Å². The first-order chi connectivity index (χ1) is 12.5. The van der Waals surface area contributed by atoms with Gasteiger partial charge in [-0.05, 0) is 50.1 Å². The first-order valence-corrected chi connectivity index (χ1v) is 9.01. The van der Waals surface area contributed by atoms with Crippen LogP contribution in [0.15, 0.2) is 30.6 Å². The van der Waals surface area contributed by atoms with Crippen molar-refractivity contribution in [3.05, 3.63) is 52.8 Å². The zero-order valence-electron chi connectivity index (χ0n) is 15.9. The Bertz CT molecular complexity index is 773. The van der Waals surface area contributed by atoms with E-state index in [1.165, 1.54) is 0 Å². The molecule has 0 spiro atoms. The molecular weight excluding hydrogens is 328 g/mol. The molecule has 0 aliphatic carbocycles. The number of benzene rings is 1. The quantitative estimate of drug-likeness (QED) is 0.840. The maximum absolute atomic E-state index is 12.9. The minimum atomic E-state index is 0.0809. The predicted molar refractivity (Wildman–Crippen MR) is 101 cm³/mol. The number of piperidine rings is 1. The lowest BCUT2D eigenvalue weighted by atomic mass is 10.0. The molecule has 0 saturated carbocycles. The number of hydrogen-bond donors (Lipinski definition) is 0. The third kappa shape index (κ3) is 3.82. The van der Waals surface area contributed by atoms with E-state index in [0.717, 1.165) is 46.6 Å². The maximum Gasteiger partial charge on any atom is 0.253 e. The third-order valence-electron chi connectivity index (χ3n) is 4.90. The van der Waals surface area contributed by atoms with Crippen molar-refractivity contribution in [2.75, 3.05) is 20.2 Å². The highest BCUT2D eigenvalue weighted by Crippen LogP contribution is 2.26. The molecule has 0 radical (unpaired) electrons. The van der Waals surface area contributed by atoms with Gasteiger partial charge in [-0.15, -0.1) is 0 Å². The highest BCUT2D eigenvalue weighted by atomic mass is 16.5. The van der Waals surface area contributed by atoms with Gasteiger partial charge in [-0.3, -0.25) is 9.78 Å². The molecule has 1 aromatic carbocycles. The van der Waals surface area contributed by atoms with Crippen molar-refractivity contribution in [2.45, 2.75) is 39.7 Å². The summed E-state index contributed by atoms with van der Waals surface area (Å²) in [7, 11) is 1.66. The summed E-state index contributed by atoms with van der Waals surface area (Å²) in [6, 6.07) is 5.73. The topological polar surface area (TPSA) is 51.7 Å². The number of carbonyl (C=O) groups is 1. The molecular formula is C21H26N2O3. The number of amides is 1. The Labute approximate surface area is 155 Å². The maximum atomic E-state index is 12.9. The molecule has 2 heterocycles. The average molecular weight is 354 g/mol. The van der Waals surface area contributed by atoms with Crippen LogP contribution in [0.1, 0.15) is 39.9 Å². The zero-order valence-corrected chi connectivity index (χ0v) is 15.9. The second kappa shape index (κ2) is 7.77. The smallest absolute Gasteiger partial charge is 0.253 e. The molecule has 1 amide bonds. The monoisotopic (exact) mass is 354 g/mol. The minimum absolute atomic E-state index is 0.0809. The molecule has 3 rings (SSSR count). The second-order valence-electron chi connectivity index (χ2n) is 6.89. The highest BCUT2D eigenvalue weighted by Gasteiger charge is 2.25. The lowest BCUT2D eigenvalue weighted by molar-refractivity contribution is 0.0594. The number of carbonyl (C=O) groups excluding carboxylic acids is 1. The summed E-state index contributed by atoms with van der Waals surface area (Å²) < 4.78 is 11.5. The summed E-state index contributed by atoms with van der Waals surface area (Å²) in [4.78, 5) is 18.9. The van der Waals surface area contributed by atoms with Crippen molar-refractivity contribution < 1.29 is 14.3 Å². The molecule has 2 aromatic rings. The molecule has 5 heteroatoms. The van der Waals surface area contributed by atoms with Crippen LogP contribution in [0, 0.1) is 20.8 Å². The van der Waals surface area contributed by atoms with E-state index in [0.29, 0.717) is 13.1 Å². The van der Waals surface area contributed by atoms with Gasteiger partial charge in [0.05, 0.1) is 7.11 Å². The van der Waals surface area contributed by atoms with E-state index in [-0.39, 0.29) is 12.0 Å². The molecule has 0 N–H and O–H groups in total. The van der Waals surface area contributed by atoms with Crippen LogP contribution in [-0.4, -0.2) is 42.1 Å². The normalized spacial score (nSPS) is 15.0. The van der Waals surface area contributed by atoms with Crippen molar-refractivity contribution in [3.8, 4) is 11.5 Å². The van der Waals surface area contributed by atoms with E-state index in [4.69, 9.17) is 9.47 Å². The van der Waals surface area contributed by atoms with Crippen LogP contribution in [-0.2, 0) is 0 Å². The Morgan fingerprint density at radius 3 is 2.35 bits per heavy atom. The number of likely N-dealkylation sites (tertiary alicyclic amines) is 1. The fourth-order valence-electron chi connectivity index (χ4n) is 3.53. The number of rotatable bonds is 4. The van der Waals surface area contributed by atoms with Crippen LogP contribution >= 0.6 is 0 Å². The van der Waals surface area contributed by atoms with Crippen molar-refractivity contribution in [3.63, 3.8) is 0 Å². The Morgan fingerprint density at radius 2 is 1.77 bits per heavy atom. The van der Waals surface area contributed by atoms with E-state index in [9.17, 15) is 4.79 Å². The molecule has 26 heavy (non-hydrogen) atoms. The summed E-state index contributed by atoms with van der Waals surface area (Å²) in [6.07, 6.45) is 5.36. The van der Waals surface area contributed by atoms with Crippen LogP contribution in [0.25, 0.3) is 0 Å². The lowest BCUT2D eigenvalue weighted by Gasteiger charge is -2.32. The summed E-state index contributed by atoms with van der Waals surface area (Å²) in [5.41, 5.74) is 3.74. The number of aryl methyl sites for hydroxylation is 3. The standard InChI is InChI=1S/C21H26N2O3/c1-14-11-17(12-15(2)20(14)25-4)21(24)23-9-6-18(7-10-23)26-19-5-8-22-13-16(19)3/h5,8,11-13,18H,6-7,9-10H2,1-4H3. The van der Waals surface area contributed by atoms with Gasteiger partial charge in [0, 0.05) is 49.5 Å². The fourth-order valence-corrected chi connectivity index (χ4v) is 3.53. The SMILES string of the molecule is COc1c(C)cc(C(=O)N2CCC(Oc3ccncc3C)CC2)cc1C. The van der Waals surface area contributed by atoms with Crippen LogP contribution in [0.2, 0.25) is 0 Å². The first kappa shape index (κ1) is 18.2. The summed E-state index contributed by atoms with van der Waals surface area (Å²) in [5.74, 6) is 1.81. The molecule has 1 saturated heterocycles. The van der Waals surface area contributed by atoms with Gasteiger partial charge in [0.2, 0.25) is 0 Å².